The molecule has 3 aromatic heterocycles. The molecule has 0 aliphatic rings. The van der Waals surface area contributed by atoms with E-state index in [1.807, 2.05) is 42.6 Å². The fraction of sp³-hybridized carbons (Fsp3) is 0.219. The van der Waals surface area contributed by atoms with Crippen molar-refractivity contribution in [1.82, 2.24) is 30.0 Å². The van der Waals surface area contributed by atoms with Gasteiger partial charge in [-0.15, -0.1) is 0 Å². The maximum atomic E-state index is 4.88. The van der Waals surface area contributed by atoms with E-state index in [1.165, 1.54) is 11.1 Å². The van der Waals surface area contributed by atoms with Crippen molar-refractivity contribution in [3.8, 4) is 22.6 Å². The Morgan fingerprint density at radius 1 is 1.16 bits per heavy atom. The summed E-state index contributed by atoms with van der Waals surface area (Å²) in [5.74, 6) is 0.684. The molecule has 0 unspecified atom stereocenters. The third kappa shape index (κ3) is 6.15. The predicted molar refractivity (Wildman–Crippen MR) is 160 cm³/mol. The largest absolute Gasteiger partial charge is 0.337 e. The van der Waals surface area contributed by atoms with Gasteiger partial charge in [0.2, 0.25) is 0 Å². The highest BCUT2D eigenvalue weighted by Crippen LogP contribution is 2.28. The number of para-hydroxylation sites is 1. The van der Waals surface area contributed by atoms with Crippen LogP contribution in [0.5, 0.6) is 0 Å². The Morgan fingerprint density at radius 3 is 2.71 bits per heavy atom. The summed E-state index contributed by atoms with van der Waals surface area (Å²) in [6, 6.07) is 10.1. The van der Waals surface area contributed by atoms with Gasteiger partial charge in [-0.3, -0.25) is 10.1 Å². The van der Waals surface area contributed by atoms with Crippen LogP contribution in [0.15, 0.2) is 90.3 Å². The maximum Gasteiger partial charge on any atom is 0.159 e. The Kier molecular flexibility index (Phi) is 8.66. The molecule has 0 aliphatic carbocycles. The first-order chi connectivity index (χ1) is 18.4. The number of nitrogens with one attached hydrogen (secondary N) is 2. The van der Waals surface area contributed by atoms with E-state index >= 15 is 0 Å². The minimum absolute atomic E-state index is 0.684. The van der Waals surface area contributed by atoms with Gasteiger partial charge in [0.1, 0.15) is 5.69 Å². The Morgan fingerprint density at radius 2 is 2.00 bits per heavy atom. The molecule has 0 aliphatic heterocycles. The van der Waals surface area contributed by atoms with Gasteiger partial charge in [-0.1, -0.05) is 55.7 Å². The number of fused-ring (bicyclic) bond motifs is 1. The second-order valence-corrected chi connectivity index (χ2v) is 9.58. The number of aromatic nitrogens is 5. The molecular formula is C32H36N6. The predicted octanol–water partition coefficient (Wildman–Crippen LogP) is 5.55. The van der Waals surface area contributed by atoms with Crippen molar-refractivity contribution in [1.29, 1.82) is 0 Å². The van der Waals surface area contributed by atoms with E-state index in [2.05, 4.69) is 90.5 Å². The summed E-state index contributed by atoms with van der Waals surface area (Å²) in [6.45, 7) is 13.5. The highest BCUT2D eigenvalue weighted by atomic mass is 15.1. The molecule has 6 heteroatoms. The molecule has 0 spiro atoms. The molecule has 2 N–H and O–H groups in total. The lowest BCUT2D eigenvalue weighted by Crippen LogP contribution is -2.21. The molecule has 6 nitrogen and oxygen atoms in total. The second kappa shape index (κ2) is 12.3. The number of rotatable bonds is 10. The van der Waals surface area contributed by atoms with E-state index < -0.39 is 0 Å². The lowest BCUT2D eigenvalue weighted by Gasteiger charge is -2.10. The first kappa shape index (κ1) is 26.8. The topological polar surface area (TPSA) is 73.5 Å². The zero-order valence-electron chi connectivity index (χ0n) is 22.8. The average molecular weight is 505 g/mol. The first-order valence-corrected chi connectivity index (χ1v) is 12.9. The Hall–Kier alpha value is -4.29. The number of imidazole rings is 1. The monoisotopic (exact) mass is 504 g/mol. The number of hydrogen-bond acceptors (Lipinski definition) is 4. The molecule has 3 heterocycles. The van der Waals surface area contributed by atoms with Gasteiger partial charge in [0.05, 0.1) is 16.4 Å². The van der Waals surface area contributed by atoms with Crippen molar-refractivity contribution in [2.75, 3.05) is 20.6 Å². The lowest BCUT2D eigenvalue weighted by atomic mass is 10.0. The van der Waals surface area contributed by atoms with E-state index in [0.29, 0.717) is 11.5 Å². The molecule has 0 fully saturated rings. The number of allylic oxidation sites excluding steroid dienone is 7. The second-order valence-electron chi connectivity index (χ2n) is 9.58. The van der Waals surface area contributed by atoms with Crippen LogP contribution in [-0.2, 0) is 0 Å². The Balaban J connectivity index is 1.61. The minimum Gasteiger partial charge on any atom is -0.337 e. The van der Waals surface area contributed by atoms with Crippen LogP contribution in [-0.4, -0.2) is 50.7 Å². The minimum atomic E-state index is 0.684. The number of hydrogen-bond donors (Lipinski definition) is 2. The van der Waals surface area contributed by atoms with E-state index in [-0.39, 0.29) is 0 Å². The number of nitrogens with zero attached hydrogens (tertiary/aromatic N) is 4. The zero-order chi connectivity index (χ0) is 27.1. The Bertz CT molecular complexity index is 1610. The van der Waals surface area contributed by atoms with Crippen molar-refractivity contribution >= 4 is 23.7 Å². The van der Waals surface area contributed by atoms with E-state index in [4.69, 9.17) is 4.98 Å². The van der Waals surface area contributed by atoms with Crippen molar-refractivity contribution in [2.45, 2.75) is 26.7 Å². The highest BCUT2D eigenvalue weighted by molar-refractivity contribution is 5.93. The molecule has 4 rings (SSSR count). The SMILES string of the molecule is C=C\C(=C/C(=C\C)C(/C)=C/C=c1/[nH]nc(-c2nc3c(-c4cccnc4)cccc3[nH]2)c1=C)CCCN(C)C. The lowest BCUT2D eigenvalue weighted by molar-refractivity contribution is 0.400. The average Bonchev–Trinajstić information content (AvgIpc) is 3.52. The van der Waals surface area contributed by atoms with Crippen molar-refractivity contribution < 1.29 is 0 Å². The van der Waals surface area contributed by atoms with Crippen LogP contribution in [0.2, 0.25) is 0 Å². The molecular weight excluding hydrogens is 468 g/mol. The number of H-pyrrole nitrogens is 2. The fourth-order valence-corrected chi connectivity index (χ4v) is 4.37. The third-order valence-electron chi connectivity index (χ3n) is 6.55. The van der Waals surface area contributed by atoms with Crippen LogP contribution in [0.1, 0.15) is 26.7 Å². The molecule has 0 saturated carbocycles. The van der Waals surface area contributed by atoms with Crippen molar-refractivity contribution in [2.24, 2.45) is 0 Å². The summed E-state index contributed by atoms with van der Waals surface area (Å²) in [4.78, 5) is 14.8. The van der Waals surface area contributed by atoms with Gasteiger partial charge in [0.15, 0.2) is 5.82 Å². The number of pyridine rings is 1. The smallest absolute Gasteiger partial charge is 0.159 e. The molecule has 194 valence electrons. The summed E-state index contributed by atoms with van der Waals surface area (Å²) >= 11 is 0. The highest BCUT2D eigenvalue weighted by Gasteiger charge is 2.13. The van der Waals surface area contributed by atoms with E-state index in [9.17, 15) is 0 Å². The van der Waals surface area contributed by atoms with Crippen molar-refractivity contribution in [3.63, 3.8) is 0 Å². The van der Waals surface area contributed by atoms with Crippen LogP contribution < -0.4 is 10.6 Å². The van der Waals surface area contributed by atoms with Crippen LogP contribution in [0.4, 0.5) is 0 Å². The van der Waals surface area contributed by atoms with Crippen molar-refractivity contribution in [3.05, 3.63) is 101 Å². The van der Waals surface area contributed by atoms with Gasteiger partial charge in [0.25, 0.3) is 0 Å². The zero-order valence-corrected chi connectivity index (χ0v) is 22.8. The quantitative estimate of drug-likeness (QED) is 0.278. The number of benzene rings is 1. The van der Waals surface area contributed by atoms with Gasteiger partial charge >= 0.3 is 0 Å². The third-order valence-corrected chi connectivity index (χ3v) is 6.55. The van der Waals surface area contributed by atoms with Crippen LogP contribution in [0, 0.1) is 0 Å². The summed E-state index contributed by atoms with van der Waals surface area (Å²) in [7, 11) is 4.20. The normalized spacial score (nSPS) is 13.6. The van der Waals surface area contributed by atoms with E-state index in [1.54, 1.807) is 6.20 Å². The summed E-state index contributed by atoms with van der Waals surface area (Å²) in [5, 5.41) is 9.31. The molecule has 0 atom stereocenters. The fourth-order valence-electron chi connectivity index (χ4n) is 4.37. The summed E-state index contributed by atoms with van der Waals surface area (Å²) in [6.07, 6.45) is 16.2. The molecule has 0 radical (unpaired) electrons. The Labute approximate surface area is 224 Å². The van der Waals surface area contributed by atoms with Gasteiger partial charge in [-0.05, 0) is 82.3 Å². The summed E-state index contributed by atoms with van der Waals surface area (Å²) < 4.78 is 0. The molecule has 0 amide bonds. The molecule has 38 heavy (non-hydrogen) atoms. The van der Waals surface area contributed by atoms with Crippen LogP contribution in [0.3, 0.4) is 0 Å². The van der Waals surface area contributed by atoms with Gasteiger partial charge in [-0.2, -0.15) is 5.10 Å². The first-order valence-electron chi connectivity index (χ1n) is 12.9. The van der Waals surface area contributed by atoms with Gasteiger partial charge < -0.3 is 9.88 Å². The molecule has 0 saturated heterocycles. The van der Waals surface area contributed by atoms with Gasteiger partial charge in [-0.25, -0.2) is 4.98 Å². The molecule has 1 aromatic carbocycles. The van der Waals surface area contributed by atoms with Crippen LogP contribution in [0.25, 0.3) is 46.3 Å². The number of aromatic amines is 2. The van der Waals surface area contributed by atoms with Crippen LogP contribution >= 0.6 is 0 Å². The molecule has 0 bridgehead atoms. The standard InChI is InChI=1S/C32H36N6/c1-7-24(12-11-19-38(5)6)20-25(8-2)22(3)16-17-28-23(4)30(37-36-28)32-34-29-15-9-14-27(31(29)35-32)26-13-10-18-33-21-26/h7-10,13-18,20-21,36H,1,4,11-12,19H2,2-3,5-6H3,(H,34,35)/b22-16+,24-20+,25-8+,28-17+. The maximum absolute atomic E-state index is 4.88. The molecule has 4 aromatic rings. The van der Waals surface area contributed by atoms with Gasteiger partial charge in [0, 0.05) is 28.7 Å². The van der Waals surface area contributed by atoms with E-state index in [0.717, 1.165) is 57.7 Å². The summed E-state index contributed by atoms with van der Waals surface area (Å²) in [5.41, 5.74) is 8.14.